The van der Waals surface area contributed by atoms with Gasteiger partial charge in [-0.25, -0.2) is 9.59 Å². The van der Waals surface area contributed by atoms with Crippen molar-refractivity contribution in [2.75, 3.05) is 13.1 Å². The first kappa shape index (κ1) is 22.7. The maximum Gasteiger partial charge on any atom is 0.410 e. The standard InChI is InChI=1S/C20H30F3N3O4/c1-18(2,3)30-17(29)25-11-4-9-19(10-12-25)15(27)26(16(28)24-19)14-7-5-13(6-8-14)20(21,22)23/h13-14H,4-12H2,1-3H3,(H,24,28). The summed E-state index contributed by atoms with van der Waals surface area (Å²) in [5, 5.41) is 2.79. The van der Waals surface area contributed by atoms with E-state index in [2.05, 4.69) is 5.32 Å². The van der Waals surface area contributed by atoms with Crippen molar-refractivity contribution < 1.29 is 32.3 Å². The number of halogens is 3. The fourth-order valence-electron chi connectivity index (χ4n) is 4.62. The molecular formula is C20H30F3N3O4. The molecular weight excluding hydrogens is 403 g/mol. The molecule has 4 amide bonds. The molecule has 10 heteroatoms. The van der Waals surface area contributed by atoms with Gasteiger partial charge in [0.05, 0.1) is 5.92 Å². The molecule has 1 aliphatic carbocycles. The van der Waals surface area contributed by atoms with Crippen LogP contribution in [0.15, 0.2) is 0 Å². The van der Waals surface area contributed by atoms with E-state index in [1.165, 1.54) is 4.90 Å². The number of hydrogen-bond donors (Lipinski definition) is 1. The Morgan fingerprint density at radius 1 is 1.07 bits per heavy atom. The molecule has 2 heterocycles. The van der Waals surface area contributed by atoms with Gasteiger partial charge in [0.1, 0.15) is 11.1 Å². The number of carbonyl (C=O) groups is 3. The zero-order chi connectivity index (χ0) is 22.3. The van der Waals surface area contributed by atoms with Gasteiger partial charge < -0.3 is 15.0 Å². The molecule has 0 aromatic rings. The molecule has 0 bridgehead atoms. The molecule has 0 radical (unpaired) electrons. The lowest BCUT2D eigenvalue weighted by atomic mass is 9.84. The third-order valence-electron chi connectivity index (χ3n) is 6.21. The van der Waals surface area contributed by atoms with E-state index < -0.39 is 41.4 Å². The summed E-state index contributed by atoms with van der Waals surface area (Å²) in [6.45, 7) is 6.00. The predicted octanol–water partition coefficient (Wildman–Crippen LogP) is 3.82. The zero-order valence-corrected chi connectivity index (χ0v) is 17.7. The summed E-state index contributed by atoms with van der Waals surface area (Å²) >= 11 is 0. The molecule has 170 valence electrons. The van der Waals surface area contributed by atoms with E-state index in [9.17, 15) is 27.6 Å². The zero-order valence-electron chi connectivity index (χ0n) is 17.7. The summed E-state index contributed by atoms with van der Waals surface area (Å²) in [6, 6.07) is -1.05. The second kappa shape index (κ2) is 7.92. The Labute approximate surface area is 174 Å². The van der Waals surface area contributed by atoms with Crippen molar-refractivity contribution in [3.63, 3.8) is 0 Å². The van der Waals surface area contributed by atoms with Gasteiger partial charge in [-0.2, -0.15) is 13.2 Å². The summed E-state index contributed by atoms with van der Waals surface area (Å²) in [5.74, 6) is -1.75. The number of nitrogens with one attached hydrogen (secondary N) is 1. The van der Waals surface area contributed by atoms with Gasteiger partial charge in [0.25, 0.3) is 5.91 Å². The third-order valence-corrected chi connectivity index (χ3v) is 6.21. The molecule has 3 rings (SSSR count). The number of hydrogen-bond acceptors (Lipinski definition) is 4. The molecule has 2 aliphatic heterocycles. The van der Waals surface area contributed by atoms with Gasteiger partial charge in [-0.3, -0.25) is 9.69 Å². The average Bonchev–Trinajstić information content (AvgIpc) is 2.76. The molecule has 3 fully saturated rings. The average molecular weight is 433 g/mol. The van der Waals surface area contributed by atoms with Gasteiger partial charge in [0.15, 0.2) is 0 Å². The fraction of sp³-hybridized carbons (Fsp3) is 0.850. The van der Waals surface area contributed by atoms with Crippen LogP contribution < -0.4 is 5.32 Å². The maximum atomic E-state index is 13.2. The lowest BCUT2D eigenvalue weighted by molar-refractivity contribution is -0.184. The molecule has 0 aromatic carbocycles. The largest absolute Gasteiger partial charge is 0.444 e. The Morgan fingerprint density at radius 3 is 2.27 bits per heavy atom. The summed E-state index contributed by atoms with van der Waals surface area (Å²) < 4.78 is 44.2. The minimum Gasteiger partial charge on any atom is -0.444 e. The Hall–Kier alpha value is -2.00. The van der Waals surface area contributed by atoms with Crippen molar-refractivity contribution in [1.29, 1.82) is 0 Å². The number of urea groups is 1. The number of amides is 4. The van der Waals surface area contributed by atoms with Gasteiger partial charge in [-0.1, -0.05) is 0 Å². The van der Waals surface area contributed by atoms with E-state index in [4.69, 9.17) is 4.74 Å². The summed E-state index contributed by atoms with van der Waals surface area (Å²) in [6.07, 6.45) is -3.40. The predicted molar refractivity (Wildman–Crippen MR) is 102 cm³/mol. The van der Waals surface area contributed by atoms with E-state index in [0.717, 1.165) is 4.90 Å². The SMILES string of the molecule is CC(C)(C)OC(=O)N1CCCC2(CC1)NC(=O)N(C1CCC(C(F)(F)F)CC1)C2=O. The lowest BCUT2D eigenvalue weighted by Gasteiger charge is -2.34. The van der Waals surface area contributed by atoms with Gasteiger partial charge in [-0.15, -0.1) is 0 Å². The Balaban J connectivity index is 1.65. The van der Waals surface area contributed by atoms with Crippen LogP contribution >= 0.6 is 0 Å². The summed E-state index contributed by atoms with van der Waals surface area (Å²) in [4.78, 5) is 40.9. The molecule has 1 atom stereocenters. The van der Waals surface area contributed by atoms with Crippen LogP contribution in [0.4, 0.5) is 22.8 Å². The molecule has 2 saturated heterocycles. The van der Waals surface area contributed by atoms with Crippen molar-refractivity contribution in [3.05, 3.63) is 0 Å². The molecule has 1 spiro atoms. The minimum atomic E-state index is -4.24. The quantitative estimate of drug-likeness (QED) is 0.638. The second-order valence-electron chi connectivity index (χ2n) is 9.56. The first-order chi connectivity index (χ1) is 13.8. The molecule has 1 unspecified atom stereocenters. The van der Waals surface area contributed by atoms with Crippen LogP contribution in [-0.2, 0) is 9.53 Å². The lowest BCUT2D eigenvalue weighted by Crippen LogP contribution is -2.49. The first-order valence-electron chi connectivity index (χ1n) is 10.5. The number of alkyl halides is 3. The fourth-order valence-corrected chi connectivity index (χ4v) is 4.62. The number of likely N-dealkylation sites (tertiary alicyclic amines) is 1. The van der Waals surface area contributed by atoms with Gasteiger partial charge in [0.2, 0.25) is 0 Å². The van der Waals surface area contributed by atoms with Crippen LogP contribution in [0.3, 0.4) is 0 Å². The highest BCUT2D eigenvalue weighted by Gasteiger charge is 2.54. The van der Waals surface area contributed by atoms with Crippen molar-refractivity contribution >= 4 is 18.0 Å². The smallest absolute Gasteiger partial charge is 0.410 e. The number of carbonyl (C=O) groups excluding carboxylic acids is 3. The minimum absolute atomic E-state index is 0.0787. The highest BCUT2D eigenvalue weighted by atomic mass is 19.4. The Kier molecular flexibility index (Phi) is 5.99. The summed E-state index contributed by atoms with van der Waals surface area (Å²) in [7, 11) is 0. The van der Waals surface area contributed by atoms with E-state index in [0.29, 0.717) is 19.4 Å². The second-order valence-corrected chi connectivity index (χ2v) is 9.56. The monoisotopic (exact) mass is 433 g/mol. The van der Waals surface area contributed by atoms with Gasteiger partial charge in [-0.05, 0) is 65.7 Å². The normalized spacial score (nSPS) is 31.0. The van der Waals surface area contributed by atoms with Gasteiger partial charge >= 0.3 is 18.3 Å². The van der Waals surface area contributed by atoms with E-state index in [1.54, 1.807) is 20.8 Å². The Bertz CT molecular complexity index is 698. The Morgan fingerprint density at radius 2 is 1.70 bits per heavy atom. The number of imide groups is 1. The molecule has 0 aromatic heterocycles. The summed E-state index contributed by atoms with van der Waals surface area (Å²) in [5.41, 5.74) is -1.74. The van der Waals surface area contributed by atoms with Crippen LogP contribution in [0, 0.1) is 5.92 Å². The van der Waals surface area contributed by atoms with Crippen molar-refractivity contribution in [3.8, 4) is 0 Å². The van der Waals surface area contributed by atoms with Crippen molar-refractivity contribution in [2.24, 2.45) is 5.92 Å². The third kappa shape index (κ3) is 4.67. The van der Waals surface area contributed by atoms with Crippen molar-refractivity contribution in [1.82, 2.24) is 15.1 Å². The van der Waals surface area contributed by atoms with E-state index >= 15 is 0 Å². The van der Waals surface area contributed by atoms with Crippen LogP contribution in [0.5, 0.6) is 0 Å². The van der Waals surface area contributed by atoms with Crippen LogP contribution in [-0.4, -0.2) is 64.3 Å². The van der Waals surface area contributed by atoms with E-state index in [1.807, 2.05) is 0 Å². The highest BCUT2D eigenvalue weighted by Crippen LogP contribution is 2.40. The topological polar surface area (TPSA) is 79.0 Å². The van der Waals surface area contributed by atoms with Crippen LogP contribution in [0.1, 0.15) is 65.7 Å². The molecule has 3 aliphatic rings. The van der Waals surface area contributed by atoms with Crippen LogP contribution in [0.25, 0.3) is 0 Å². The number of nitrogens with zero attached hydrogens (tertiary/aromatic N) is 2. The number of rotatable bonds is 1. The number of ether oxygens (including phenoxy) is 1. The molecule has 1 N–H and O–H groups in total. The molecule has 7 nitrogen and oxygen atoms in total. The molecule has 30 heavy (non-hydrogen) atoms. The first-order valence-corrected chi connectivity index (χ1v) is 10.5. The molecule has 1 saturated carbocycles. The highest BCUT2D eigenvalue weighted by molar-refractivity contribution is 6.07. The van der Waals surface area contributed by atoms with Crippen molar-refractivity contribution in [2.45, 2.75) is 89.1 Å². The van der Waals surface area contributed by atoms with E-state index in [-0.39, 0.29) is 44.6 Å². The maximum absolute atomic E-state index is 13.2. The van der Waals surface area contributed by atoms with Gasteiger partial charge in [0, 0.05) is 19.1 Å². The van der Waals surface area contributed by atoms with Crippen LogP contribution in [0.2, 0.25) is 0 Å².